The van der Waals surface area contributed by atoms with Crippen LogP contribution in [0.25, 0.3) is 22.0 Å². The number of carbonyl (C=O) groups excluding carboxylic acids is 1. The van der Waals surface area contributed by atoms with Gasteiger partial charge in [-0.15, -0.1) is 0 Å². The molecular formula is C19H21N3O2. The van der Waals surface area contributed by atoms with Gasteiger partial charge >= 0.3 is 0 Å². The van der Waals surface area contributed by atoms with E-state index in [0.717, 1.165) is 22.0 Å². The minimum Gasteiger partial charge on any atom is -0.481 e. The van der Waals surface area contributed by atoms with Crippen molar-refractivity contribution in [3.8, 4) is 17.0 Å². The van der Waals surface area contributed by atoms with Gasteiger partial charge in [-0.3, -0.25) is 9.48 Å². The number of aromatic nitrogens is 2. The number of likely N-dealkylation sites (N-methyl/N-ethyl adjacent to an activating group) is 1. The average Bonchev–Trinajstić information content (AvgIpc) is 3.00. The average molecular weight is 323 g/mol. The number of rotatable bonds is 5. The van der Waals surface area contributed by atoms with Crippen LogP contribution in [0.4, 0.5) is 0 Å². The van der Waals surface area contributed by atoms with E-state index < -0.39 is 6.10 Å². The summed E-state index contributed by atoms with van der Waals surface area (Å²) >= 11 is 0. The highest BCUT2D eigenvalue weighted by atomic mass is 16.5. The number of fused-ring (bicyclic) bond motifs is 1. The minimum absolute atomic E-state index is 0.110. The summed E-state index contributed by atoms with van der Waals surface area (Å²) in [7, 11) is 1.92. The second-order valence-electron chi connectivity index (χ2n) is 5.72. The highest BCUT2D eigenvalue weighted by Crippen LogP contribution is 2.27. The van der Waals surface area contributed by atoms with Crippen molar-refractivity contribution >= 4 is 16.7 Å². The van der Waals surface area contributed by atoms with Crippen LogP contribution in [0.5, 0.6) is 5.75 Å². The van der Waals surface area contributed by atoms with Crippen molar-refractivity contribution in [3.63, 3.8) is 0 Å². The van der Waals surface area contributed by atoms with E-state index in [4.69, 9.17) is 4.74 Å². The number of benzene rings is 2. The first-order chi connectivity index (χ1) is 11.6. The van der Waals surface area contributed by atoms with Crippen LogP contribution in [0.15, 0.2) is 48.7 Å². The van der Waals surface area contributed by atoms with E-state index in [2.05, 4.69) is 28.6 Å². The molecular weight excluding hydrogens is 302 g/mol. The van der Waals surface area contributed by atoms with Crippen LogP contribution in [-0.4, -0.2) is 28.3 Å². The molecule has 0 aliphatic rings. The number of carbonyl (C=O) groups is 1. The van der Waals surface area contributed by atoms with Gasteiger partial charge in [-0.1, -0.05) is 18.2 Å². The van der Waals surface area contributed by atoms with Gasteiger partial charge in [-0.05, 0) is 48.9 Å². The molecule has 1 heterocycles. The van der Waals surface area contributed by atoms with E-state index in [1.54, 1.807) is 13.1 Å². The maximum Gasteiger partial charge on any atom is 0.260 e. The van der Waals surface area contributed by atoms with E-state index in [1.165, 1.54) is 0 Å². The van der Waals surface area contributed by atoms with E-state index in [1.807, 2.05) is 42.9 Å². The van der Waals surface area contributed by atoms with E-state index in [9.17, 15) is 4.79 Å². The van der Waals surface area contributed by atoms with Crippen molar-refractivity contribution in [2.45, 2.75) is 20.0 Å². The normalized spacial score (nSPS) is 12.1. The monoisotopic (exact) mass is 323 g/mol. The number of amides is 1. The Kier molecular flexibility index (Phi) is 4.51. The molecule has 124 valence electrons. The van der Waals surface area contributed by atoms with Crippen molar-refractivity contribution in [1.82, 2.24) is 15.1 Å². The van der Waals surface area contributed by atoms with Crippen LogP contribution < -0.4 is 10.1 Å². The Morgan fingerprint density at radius 1 is 1.21 bits per heavy atom. The lowest BCUT2D eigenvalue weighted by atomic mass is 10.0. The molecule has 0 saturated heterocycles. The van der Waals surface area contributed by atoms with Gasteiger partial charge in [0.2, 0.25) is 0 Å². The lowest BCUT2D eigenvalue weighted by Gasteiger charge is -2.14. The Morgan fingerprint density at radius 3 is 2.71 bits per heavy atom. The standard InChI is InChI=1S/C19H21N3O2/c1-4-20-19(23)13(2)24-17-8-7-14-5-6-15(11-16(14)12-17)18-9-10-21-22(18)3/h5-13H,4H2,1-3H3,(H,20,23). The van der Waals surface area contributed by atoms with Gasteiger partial charge in [-0.25, -0.2) is 0 Å². The first kappa shape index (κ1) is 16.1. The number of nitrogens with one attached hydrogen (secondary N) is 1. The highest BCUT2D eigenvalue weighted by molar-refractivity contribution is 5.88. The molecule has 1 aromatic heterocycles. The van der Waals surface area contributed by atoms with Crippen molar-refractivity contribution < 1.29 is 9.53 Å². The fraction of sp³-hybridized carbons (Fsp3) is 0.263. The van der Waals surface area contributed by atoms with Gasteiger partial charge in [0.15, 0.2) is 6.10 Å². The van der Waals surface area contributed by atoms with Gasteiger partial charge in [-0.2, -0.15) is 5.10 Å². The fourth-order valence-electron chi connectivity index (χ4n) is 2.69. The summed E-state index contributed by atoms with van der Waals surface area (Å²) in [6.45, 7) is 4.24. The third-order valence-electron chi connectivity index (χ3n) is 3.96. The van der Waals surface area contributed by atoms with Crippen LogP contribution in [0.1, 0.15) is 13.8 Å². The van der Waals surface area contributed by atoms with Gasteiger partial charge in [0, 0.05) is 25.4 Å². The molecule has 0 bridgehead atoms. The predicted molar refractivity (Wildman–Crippen MR) is 94.9 cm³/mol. The molecule has 0 aliphatic heterocycles. The fourth-order valence-corrected chi connectivity index (χ4v) is 2.69. The van der Waals surface area contributed by atoms with Crippen molar-refractivity contribution in [2.24, 2.45) is 7.05 Å². The second kappa shape index (κ2) is 6.74. The molecule has 24 heavy (non-hydrogen) atoms. The maximum absolute atomic E-state index is 11.8. The Hall–Kier alpha value is -2.82. The number of ether oxygens (including phenoxy) is 1. The van der Waals surface area contributed by atoms with Crippen LogP contribution >= 0.6 is 0 Å². The van der Waals surface area contributed by atoms with Crippen molar-refractivity contribution in [3.05, 3.63) is 48.7 Å². The van der Waals surface area contributed by atoms with Gasteiger partial charge < -0.3 is 10.1 Å². The number of nitrogens with zero attached hydrogens (tertiary/aromatic N) is 2. The number of aryl methyl sites for hydroxylation is 1. The molecule has 0 radical (unpaired) electrons. The third kappa shape index (κ3) is 3.25. The third-order valence-corrected chi connectivity index (χ3v) is 3.96. The topological polar surface area (TPSA) is 56.1 Å². The molecule has 1 N–H and O–H groups in total. The summed E-state index contributed by atoms with van der Waals surface area (Å²) in [4.78, 5) is 11.8. The summed E-state index contributed by atoms with van der Waals surface area (Å²) in [5.74, 6) is 0.574. The van der Waals surface area contributed by atoms with Gasteiger partial charge in [0.25, 0.3) is 5.91 Å². The zero-order valence-electron chi connectivity index (χ0n) is 14.1. The SMILES string of the molecule is CCNC(=O)C(C)Oc1ccc2ccc(-c3ccnn3C)cc2c1. The Labute approximate surface area is 141 Å². The quantitative estimate of drug-likeness (QED) is 0.785. The lowest BCUT2D eigenvalue weighted by Crippen LogP contribution is -2.36. The molecule has 0 aliphatic carbocycles. The molecule has 3 aromatic rings. The van der Waals surface area contributed by atoms with Crippen LogP contribution in [0.3, 0.4) is 0 Å². The summed E-state index contributed by atoms with van der Waals surface area (Å²) in [6.07, 6.45) is 1.26. The van der Waals surface area contributed by atoms with E-state index >= 15 is 0 Å². The minimum atomic E-state index is -0.525. The summed E-state index contributed by atoms with van der Waals surface area (Å²) in [5, 5.41) is 9.17. The lowest BCUT2D eigenvalue weighted by molar-refractivity contribution is -0.127. The molecule has 1 amide bonds. The summed E-state index contributed by atoms with van der Waals surface area (Å²) in [5.41, 5.74) is 2.15. The van der Waals surface area contributed by atoms with Crippen LogP contribution in [0, 0.1) is 0 Å². The largest absolute Gasteiger partial charge is 0.481 e. The molecule has 0 saturated carbocycles. The van der Waals surface area contributed by atoms with Crippen molar-refractivity contribution in [2.75, 3.05) is 6.54 Å². The van der Waals surface area contributed by atoms with Crippen molar-refractivity contribution in [1.29, 1.82) is 0 Å². The predicted octanol–water partition coefficient (Wildman–Crippen LogP) is 3.14. The second-order valence-corrected chi connectivity index (χ2v) is 5.72. The zero-order valence-corrected chi connectivity index (χ0v) is 14.1. The zero-order chi connectivity index (χ0) is 17.1. The molecule has 5 nitrogen and oxygen atoms in total. The van der Waals surface area contributed by atoms with Crippen LogP contribution in [-0.2, 0) is 11.8 Å². The smallest absolute Gasteiger partial charge is 0.260 e. The first-order valence-corrected chi connectivity index (χ1v) is 8.05. The molecule has 1 atom stereocenters. The molecule has 3 rings (SSSR count). The molecule has 0 fully saturated rings. The Morgan fingerprint density at radius 2 is 2.00 bits per heavy atom. The van der Waals surface area contributed by atoms with Gasteiger partial charge in [0.05, 0.1) is 5.69 Å². The Bertz CT molecular complexity index is 870. The summed E-state index contributed by atoms with van der Waals surface area (Å²) < 4.78 is 7.61. The maximum atomic E-state index is 11.8. The van der Waals surface area contributed by atoms with E-state index in [0.29, 0.717) is 12.3 Å². The molecule has 5 heteroatoms. The Balaban J connectivity index is 1.89. The number of hydrogen-bond acceptors (Lipinski definition) is 3. The van der Waals surface area contributed by atoms with E-state index in [-0.39, 0.29) is 5.91 Å². The summed E-state index contributed by atoms with van der Waals surface area (Å²) in [6, 6.07) is 14.1. The molecule has 0 spiro atoms. The van der Waals surface area contributed by atoms with Crippen LogP contribution in [0.2, 0.25) is 0 Å². The van der Waals surface area contributed by atoms with Gasteiger partial charge in [0.1, 0.15) is 5.75 Å². The highest BCUT2D eigenvalue weighted by Gasteiger charge is 2.13. The number of hydrogen-bond donors (Lipinski definition) is 1. The molecule has 1 unspecified atom stereocenters. The molecule has 2 aromatic carbocycles. The first-order valence-electron chi connectivity index (χ1n) is 8.05.